The zero-order chi connectivity index (χ0) is 17.6. The second-order valence-electron chi connectivity index (χ2n) is 7.25. The van der Waals surface area contributed by atoms with E-state index in [2.05, 4.69) is 72.8 Å². The highest BCUT2D eigenvalue weighted by molar-refractivity contribution is 5.77. The number of carbonyl (C=O) groups is 1. The molecule has 2 unspecified atom stereocenters. The molecule has 0 heterocycles. The minimum absolute atomic E-state index is 0.168. The van der Waals surface area contributed by atoms with Crippen LogP contribution in [0.2, 0.25) is 0 Å². The van der Waals surface area contributed by atoms with Crippen LogP contribution >= 0.6 is 0 Å². The van der Waals surface area contributed by atoms with E-state index in [9.17, 15) is 4.79 Å². The summed E-state index contributed by atoms with van der Waals surface area (Å²) >= 11 is 0. The van der Waals surface area contributed by atoms with Gasteiger partial charge in [-0.05, 0) is 56.0 Å². The van der Waals surface area contributed by atoms with Crippen molar-refractivity contribution in [1.29, 1.82) is 0 Å². The Morgan fingerprint density at radius 2 is 1.84 bits per heavy atom. The molecule has 0 fully saturated rings. The Morgan fingerprint density at radius 3 is 2.60 bits per heavy atom. The van der Waals surface area contributed by atoms with Crippen molar-refractivity contribution in [2.45, 2.75) is 37.6 Å². The van der Waals surface area contributed by atoms with Crippen molar-refractivity contribution < 1.29 is 4.79 Å². The van der Waals surface area contributed by atoms with Crippen molar-refractivity contribution in [3.8, 4) is 0 Å². The SMILES string of the molecule is CN(C)C(CNC(=O)CC1CCc2ccccc21)Cc1ccccc1. The summed E-state index contributed by atoms with van der Waals surface area (Å²) in [6.45, 7) is 0.690. The number of carbonyl (C=O) groups excluding carboxylic acids is 1. The zero-order valence-electron chi connectivity index (χ0n) is 15.2. The average Bonchev–Trinajstić information content (AvgIpc) is 3.02. The molecule has 1 aliphatic rings. The topological polar surface area (TPSA) is 32.3 Å². The van der Waals surface area contributed by atoms with E-state index >= 15 is 0 Å². The number of amides is 1. The Labute approximate surface area is 151 Å². The van der Waals surface area contributed by atoms with Gasteiger partial charge in [0.2, 0.25) is 5.91 Å². The van der Waals surface area contributed by atoms with Gasteiger partial charge in [0.15, 0.2) is 0 Å². The maximum atomic E-state index is 12.5. The highest BCUT2D eigenvalue weighted by atomic mass is 16.1. The van der Waals surface area contributed by atoms with Crippen molar-refractivity contribution >= 4 is 5.91 Å². The molecule has 0 aromatic heterocycles. The normalized spacial score (nSPS) is 17.3. The van der Waals surface area contributed by atoms with Crippen LogP contribution in [0.4, 0.5) is 0 Å². The number of rotatable bonds is 7. The maximum Gasteiger partial charge on any atom is 0.220 e. The number of aryl methyl sites for hydroxylation is 1. The number of hydrogen-bond donors (Lipinski definition) is 1. The summed E-state index contributed by atoms with van der Waals surface area (Å²) in [6, 6.07) is 19.3. The van der Waals surface area contributed by atoms with Crippen LogP contribution in [-0.4, -0.2) is 37.5 Å². The molecule has 0 spiro atoms. The molecule has 1 N–H and O–H groups in total. The van der Waals surface area contributed by atoms with Crippen LogP contribution in [0.3, 0.4) is 0 Å². The summed E-state index contributed by atoms with van der Waals surface area (Å²) in [4.78, 5) is 14.7. The second kappa shape index (κ2) is 8.30. The molecule has 3 nitrogen and oxygen atoms in total. The van der Waals surface area contributed by atoms with E-state index in [1.165, 1.54) is 16.7 Å². The quantitative estimate of drug-likeness (QED) is 0.840. The number of benzene rings is 2. The van der Waals surface area contributed by atoms with Crippen LogP contribution in [0, 0.1) is 0 Å². The third-order valence-electron chi connectivity index (χ3n) is 5.27. The smallest absolute Gasteiger partial charge is 0.220 e. The fourth-order valence-corrected chi connectivity index (χ4v) is 3.71. The molecular formula is C22H28N2O. The van der Waals surface area contributed by atoms with E-state index in [1.807, 2.05) is 6.07 Å². The first kappa shape index (κ1) is 17.7. The van der Waals surface area contributed by atoms with E-state index in [-0.39, 0.29) is 5.91 Å². The van der Waals surface area contributed by atoms with Crippen LogP contribution in [-0.2, 0) is 17.6 Å². The van der Waals surface area contributed by atoms with Crippen LogP contribution in [0.15, 0.2) is 54.6 Å². The molecule has 0 bridgehead atoms. The molecule has 2 aromatic rings. The van der Waals surface area contributed by atoms with E-state index < -0.39 is 0 Å². The molecule has 3 rings (SSSR count). The third-order valence-corrected chi connectivity index (χ3v) is 5.27. The van der Waals surface area contributed by atoms with Crippen LogP contribution in [0.1, 0.15) is 35.4 Å². The van der Waals surface area contributed by atoms with Gasteiger partial charge in [-0.1, -0.05) is 54.6 Å². The Kier molecular flexibility index (Phi) is 5.87. The molecule has 1 aliphatic carbocycles. The van der Waals surface area contributed by atoms with Gasteiger partial charge in [-0.15, -0.1) is 0 Å². The fraction of sp³-hybridized carbons (Fsp3) is 0.409. The maximum absolute atomic E-state index is 12.5. The van der Waals surface area contributed by atoms with Gasteiger partial charge in [0.05, 0.1) is 0 Å². The molecule has 0 aliphatic heterocycles. The van der Waals surface area contributed by atoms with E-state index in [0.717, 1.165) is 19.3 Å². The van der Waals surface area contributed by atoms with Crippen molar-refractivity contribution in [2.75, 3.05) is 20.6 Å². The summed E-state index contributed by atoms with van der Waals surface area (Å²) in [5.74, 6) is 0.546. The van der Waals surface area contributed by atoms with Crippen molar-refractivity contribution in [2.24, 2.45) is 0 Å². The van der Waals surface area contributed by atoms with Gasteiger partial charge >= 0.3 is 0 Å². The number of nitrogens with zero attached hydrogens (tertiary/aromatic N) is 1. The van der Waals surface area contributed by atoms with Crippen LogP contribution in [0.25, 0.3) is 0 Å². The van der Waals surface area contributed by atoms with Gasteiger partial charge in [-0.3, -0.25) is 4.79 Å². The monoisotopic (exact) mass is 336 g/mol. The lowest BCUT2D eigenvalue weighted by atomic mass is 9.97. The first-order valence-corrected chi connectivity index (χ1v) is 9.18. The first-order valence-electron chi connectivity index (χ1n) is 9.18. The molecular weight excluding hydrogens is 308 g/mol. The molecule has 1 amide bonds. The number of likely N-dealkylation sites (N-methyl/N-ethyl adjacent to an activating group) is 1. The molecule has 0 saturated carbocycles. The van der Waals surface area contributed by atoms with E-state index in [4.69, 9.17) is 0 Å². The Morgan fingerprint density at radius 1 is 1.12 bits per heavy atom. The van der Waals surface area contributed by atoms with Crippen molar-refractivity contribution in [3.05, 3.63) is 71.3 Å². The second-order valence-corrected chi connectivity index (χ2v) is 7.25. The molecule has 25 heavy (non-hydrogen) atoms. The Bertz CT molecular complexity index is 696. The summed E-state index contributed by atoms with van der Waals surface area (Å²) in [7, 11) is 4.15. The largest absolute Gasteiger partial charge is 0.355 e. The first-order chi connectivity index (χ1) is 12.1. The lowest BCUT2D eigenvalue weighted by Gasteiger charge is -2.25. The van der Waals surface area contributed by atoms with Gasteiger partial charge in [-0.25, -0.2) is 0 Å². The van der Waals surface area contributed by atoms with Crippen molar-refractivity contribution in [3.63, 3.8) is 0 Å². The van der Waals surface area contributed by atoms with Gasteiger partial charge in [0.25, 0.3) is 0 Å². The highest BCUT2D eigenvalue weighted by Crippen LogP contribution is 2.35. The summed E-state index contributed by atoms with van der Waals surface area (Å²) in [5, 5.41) is 3.16. The summed E-state index contributed by atoms with van der Waals surface area (Å²) in [5.41, 5.74) is 4.09. The van der Waals surface area contributed by atoms with Crippen molar-refractivity contribution in [1.82, 2.24) is 10.2 Å². The summed E-state index contributed by atoms with van der Waals surface area (Å²) < 4.78 is 0. The van der Waals surface area contributed by atoms with Gasteiger partial charge in [0, 0.05) is 19.0 Å². The van der Waals surface area contributed by atoms with Gasteiger partial charge < -0.3 is 10.2 Å². The number of fused-ring (bicyclic) bond motifs is 1. The zero-order valence-corrected chi connectivity index (χ0v) is 15.2. The van der Waals surface area contributed by atoms with Gasteiger partial charge in [-0.2, -0.15) is 0 Å². The van der Waals surface area contributed by atoms with Crippen LogP contribution in [0.5, 0.6) is 0 Å². The minimum Gasteiger partial charge on any atom is -0.355 e. The molecule has 0 radical (unpaired) electrons. The third kappa shape index (κ3) is 4.70. The average molecular weight is 336 g/mol. The lowest BCUT2D eigenvalue weighted by Crippen LogP contribution is -2.41. The highest BCUT2D eigenvalue weighted by Gasteiger charge is 2.24. The molecule has 0 saturated heterocycles. The standard InChI is InChI=1S/C22H28N2O/c1-24(2)20(14-17-8-4-3-5-9-17)16-23-22(25)15-19-13-12-18-10-6-7-11-21(18)19/h3-11,19-20H,12-16H2,1-2H3,(H,23,25). The fourth-order valence-electron chi connectivity index (χ4n) is 3.71. The Hall–Kier alpha value is -2.13. The predicted molar refractivity (Wildman–Crippen MR) is 103 cm³/mol. The predicted octanol–water partition coefficient (Wildman–Crippen LogP) is 3.40. The Balaban J connectivity index is 1.52. The molecule has 2 aromatic carbocycles. The van der Waals surface area contributed by atoms with E-state index in [0.29, 0.717) is 24.9 Å². The van der Waals surface area contributed by atoms with Gasteiger partial charge in [0.1, 0.15) is 0 Å². The number of hydrogen-bond acceptors (Lipinski definition) is 2. The van der Waals surface area contributed by atoms with Crippen LogP contribution < -0.4 is 5.32 Å². The molecule has 3 heteroatoms. The number of nitrogens with one attached hydrogen (secondary N) is 1. The molecule has 132 valence electrons. The molecule has 2 atom stereocenters. The lowest BCUT2D eigenvalue weighted by molar-refractivity contribution is -0.121. The summed E-state index contributed by atoms with van der Waals surface area (Å²) in [6.07, 6.45) is 3.74. The minimum atomic E-state index is 0.168. The van der Waals surface area contributed by atoms with E-state index in [1.54, 1.807) is 0 Å².